The van der Waals surface area contributed by atoms with E-state index in [0.717, 1.165) is 0 Å². The number of hydrogen-bond donors (Lipinski definition) is 2. The minimum Gasteiger partial charge on any atom is -0.375 e. The minimum absolute atomic E-state index is 0.124. The van der Waals surface area contributed by atoms with Crippen LogP contribution in [0.2, 0.25) is 0 Å². The van der Waals surface area contributed by atoms with Gasteiger partial charge in [-0.25, -0.2) is 0 Å². The summed E-state index contributed by atoms with van der Waals surface area (Å²) in [6, 6.07) is 0. The molecule has 56 valence electrons. The van der Waals surface area contributed by atoms with E-state index in [4.69, 9.17) is 10.2 Å². The van der Waals surface area contributed by atoms with Crippen LogP contribution in [0.4, 0.5) is 0 Å². The Morgan fingerprint density at radius 2 is 1.30 bits per heavy atom. The molecule has 10 heavy (non-hydrogen) atoms. The van der Waals surface area contributed by atoms with Crippen molar-refractivity contribution in [2.45, 2.75) is 0 Å². The number of hydrazine groups is 1. The Kier molecular flexibility index (Phi) is 2.30. The van der Waals surface area contributed by atoms with Crippen LogP contribution in [0, 0.1) is 0 Å². The summed E-state index contributed by atoms with van der Waals surface area (Å²) >= 11 is 0. The van der Waals surface area contributed by atoms with Crippen molar-refractivity contribution in [3.05, 3.63) is 24.6 Å². The molecule has 1 heterocycles. The fraction of sp³-hybridized carbons (Fsp3) is 0.333. The average molecular weight is 142 g/mol. The van der Waals surface area contributed by atoms with Crippen LogP contribution in [0.1, 0.15) is 0 Å². The molecular weight excluding hydrogens is 132 g/mol. The number of nitrogens with zero attached hydrogens (tertiary/aromatic N) is 2. The number of aliphatic hydroxyl groups excluding tert-OH is 2. The number of aliphatic hydroxyl groups is 2. The molecule has 0 atom stereocenters. The molecule has 0 amide bonds. The van der Waals surface area contributed by atoms with Gasteiger partial charge in [0.2, 0.25) is 0 Å². The van der Waals surface area contributed by atoms with E-state index in [9.17, 15) is 0 Å². The Labute approximate surface area is 59.3 Å². The largest absolute Gasteiger partial charge is 0.375 e. The molecule has 0 aromatic heterocycles. The van der Waals surface area contributed by atoms with Gasteiger partial charge in [0.25, 0.3) is 0 Å². The van der Waals surface area contributed by atoms with Gasteiger partial charge in [-0.05, 0) is 12.2 Å². The van der Waals surface area contributed by atoms with E-state index >= 15 is 0 Å². The predicted molar refractivity (Wildman–Crippen MR) is 36.1 cm³/mol. The molecule has 0 unspecified atom stereocenters. The van der Waals surface area contributed by atoms with Crippen molar-refractivity contribution in [3.63, 3.8) is 0 Å². The zero-order chi connectivity index (χ0) is 7.40. The molecular formula is C6H10N2O2. The van der Waals surface area contributed by atoms with Gasteiger partial charge in [-0.15, -0.1) is 0 Å². The van der Waals surface area contributed by atoms with Gasteiger partial charge in [0, 0.05) is 12.4 Å². The minimum atomic E-state index is -0.124. The van der Waals surface area contributed by atoms with Crippen molar-refractivity contribution >= 4 is 0 Å². The average Bonchev–Trinajstić information content (AvgIpc) is 2.04. The van der Waals surface area contributed by atoms with Gasteiger partial charge >= 0.3 is 0 Å². The molecule has 4 nitrogen and oxygen atoms in total. The van der Waals surface area contributed by atoms with Crippen LogP contribution in [0.5, 0.6) is 0 Å². The maximum absolute atomic E-state index is 8.68. The summed E-state index contributed by atoms with van der Waals surface area (Å²) in [5.41, 5.74) is 0. The maximum atomic E-state index is 8.68. The Morgan fingerprint density at radius 1 is 0.900 bits per heavy atom. The van der Waals surface area contributed by atoms with Crippen molar-refractivity contribution in [1.82, 2.24) is 10.0 Å². The Balaban J connectivity index is 2.55. The summed E-state index contributed by atoms with van der Waals surface area (Å²) in [5, 5.41) is 20.3. The van der Waals surface area contributed by atoms with Crippen molar-refractivity contribution < 1.29 is 10.2 Å². The van der Waals surface area contributed by atoms with Crippen LogP contribution >= 0.6 is 0 Å². The first-order chi connectivity index (χ1) is 4.88. The molecule has 2 N–H and O–H groups in total. The van der Waals surface area contributed by atoms with Crippen LogP contribution in [-0.4, -0.2) is 33.7 Å². The fourth-order valence-electron chi connectivity index (χ4n) is 0.726. The SMILES string of the molecule is OCN1C=CC=CN1CO. The van der Waals surface area contributed by atoms with Crippen LogP contribution in [0.3, 0.4) is 0 Å². The first-order valence-corrected chi connectivity index (χ1v) is 2.98. The summed E-state index contributed by atoms with van der Waals surface area (Å²) in [6.45, 7) is -0.247. The maximum Gasteiger partial charge on any atom is 0.134 e. The topological polar surface area (TPSA) is 46.9 Å². The Bertz CT molecular complexity index is 138. The van der Waals surface area contributed by atoms with Crippen molar-refractivity contribution in [2.75, 3.05) is 13.5 Å². The standard InChI is InChI=1S/C6H10N2O2/c9-5-7-3-1-2-4-8(7)6-10/h1-4,9-10H,5-6H2. The Hall–Kier alpha value is -1.00. The zero-order valence-corrected chi connectivity index (χ0v) is 5.51. The van der Waals surface area contributed by atoms with Crippen LogP contribution in [0.25, 0.3) is 0 Å². The molecule has 1 aliphatic rings. The number of hydrogen-bond acceptors (Lipinski definition) is 4. The molecule has 4 heteroatoms. The molecule has 0 saturated carbocycles. The molecule has 0 aromatic carbocycles. The second kappa shape index (κ2) is 3.24. The molecule has 0 aromatic rings. The molecule has 0 radical (unpaired) electrons. The first kappa shape index (κ1) is 7.11. The molecule has 0 fully saturated rings. The quantitative estimate of drug-likeness (QED) is 0.543. The van der Waals surface area contributed by atoms with Crippen LogP contribution < -0.4 is 0 Å². The highest BCUT2D eigenvalue weighted by molar-refractivity contribution is 5.05. The van der Waals surface area contributed by atoms with E-state index in [-0.39, 0.29) is 13.5 Å². The summed E-state index contributed by atoms with van der Waals surface area (Å²) in [5.74, 6) is 0. The molecule has 0 spiro atoms. The van der Waals surface area contributed by atoms with Crippen LogP contribution in [-0.2, 0) is 0 Å². The summed E-state index contributed by atoms with van der Waals surface area (Å²) < 4.78 is 0. The van der Waals surface area contributed by atoms with E-state index in [0.29, 0.717) is 0 Å². The monoisotopic (exact) mass is 142 g/mol. The van der Waals surface area contributed by atoms with Gasteiger partial charge in [-0.1, -0.05) is 0 Å². The van der Waals surface area contributed by atoms with E-state index < -0.39 is 0 Å². The zero-order valence-electron chi connectivity index (χ0n) is 5.51. The second-order valence-corrected chi connectivity index (χ2v) is 1.84. The van der Waals surface area contributed by atoms with Crippen molar-refractivity contribution in [3.8, 4) is 0 Å². The highest BCUT2D eigenvalue weighted by atomic mass is 16.3. The lowest BCUT2D eigenvalue weighted by Crippen LogP contribution is -2.37. The van der Waals surface area contributed by atoms with E-state index in [2.05, 4.69) is 0 Å². The second-order valence-electron chi connectivity index (χ2n) is 1.84. The lowest BCUT2D eigenvalue weighted by molar-refractivity contribution is -0.0547. The highest BCUT2D eigenvalue weighted by Gasteiger charge is 2.05. The summed E-state index contributed by atoms with van der Waals surface area (Å²) in [7, 11) is 0. The van der Waals surface area contributed by atoms with Gasteiger partial charge in [0.1, 0.15) is 13.5 Å². The van der Waals surface area contributed by atoms with Gasteiger partial charge < -0.3 is 10.2 Å². The molecule has 1 aliphatic heterocycles. The van der Waals surface area contributed by atoms with Gasteiger partial charge in [-0.2, -0.15) is 0 Å². The highest BCUT2D eigenvalue weighted by Crippen LogP contribution is 2.02. The third kappa shape index (κ3) is 1.29. The number of rotatable bonds is 2. The lowest BCUT2D eigenvalue weighted by atomic mass is 10.5. The smallest absolute Gasteiger partial charge is 0.134 e. The van der Waals surface area contributed by atoms with E-state index in [1.807, 2.05) is 0 Å². The molecule has 1 rings (SSSR count). The van der Waals surface area contributed by atoms with Gasteiger partial charge in [0.05, 0.1) is 0 Å². The normalized spacial score (nSPS) is 16.6. The summed E-state index contributed by atoms with van der Waals surface area (Å²) in [6.07, 6.45) is 6.91. The third-order valence-electron chi connectivity index (χ3n) is 1.25. The predicted octanol–water partition coefficient (Wildman–Crippen LogP) is -0.554. The fourth-order valence-corrected chi connectivity index (χ4v) is 0.726. The van der Waals surface area contributed by atoms with Crippen molar-refractivity contribution in [1.29, 1.82) is 0 Å². The third-order valence-corrected chi connectivity index (χ3v) is 1.25. The van der Waals surface area contributed by atoms with Crippen molar-refractivity contribution in [2.24, 2.45) is 0 Å². The first-order valence-electron chi connectivity index (χ1n) is 2.98. The molecule has 0 saturated heterocycles. The number of allylic oxidation sites excluding steroid dienone is 2. The molecule has 0 aliphatic carbocycles. The van der Waals surface area contributed by atoms with Gasteiger partial charge in [-0.3, -0.25) is 10.0 Å². The van der Waals surface area contributed by atoms with Gasteiger partial charge in [0.15, 0.2) is 0 Å². The Morgan fingerprint density at radius 3 is 1.60 bits per heavy atom. The van der Waals surface area contributed by atoms with Crippen LogP contribution in [0.15, 0.2) is 24.6 Å². The van der Waals surface area contributed by atoms with E-state index in [1.54, 1.807) is 24.6 Å². The molecule has 0 bridgehead atoms. The summed E-state index contributed by atoms with van der Waals surface area (Å²) in [4.78, 5) is 0. The lowest BCUT2D eigenvalue weighted by Gasteiger charge is -2.30. The van der Waals surface area contributed by atoms with E-state index in [1.165, 1.54) is 10.0 Å².